The van der Waals surface area contributed by atoms with Gasteiger partial charge in [-0.1, -0.05) is 5.16 Å². The van der Waals surface area contributed by atoms with Crippen LogP contribution in [0.25, 0.3) is 11.4 Å². The van der Waals surface area contributed by atoms with Crippen LogP contribution >= 0.6 is 0 Å². The molecule has 2 heterocycles. The SMILES string of the molecule is Nc1nc(-c2ccc3c(c2)OCO3)no1. The lowest BCUT2D eigenvalue weighted by molar-refractivity contribution is 0.174. The van der Waals surface area contributed by atoms with E-state index >= 15 is 0 Å². The molecule has 0 saturated carbocycles. The summed E-state index contributed by atoms with van der Waals surface area (Å²) in [6.45, 7) is 0.243. The molecule has 6 nitrogen and oxygen atoms in total. The highest BCUT2D eigenvalue weighted by molar-refractivity contribution is 5.61. The van der Waals surface area contributed by atoms with Crippen molar-refractivity contribution in [2.75, 3.05) is 12.5 Å². The second-order valence-electron chi connectivity index (χ2n) is 3.02. The summed E-state index contributed by atoms with van der Waals surface area (Å²) in [6.07, 6.45) is 0. The molecule has 0 atom stereocenters. The van der Waals surface area contributed by atoms with Gasteiger partial charge in [0.2, 0.25) is 12.6 Å². The summed E-state index contributed by atoms with van der Waals surface area (Å²) < 4.78 is 15.1. The molecule has 76 valence electrons. The Morgan fingerprint density at radius 1 is 1.20 bits per heavy atom. The normalized spacial score (nSPS) is 13.1. The predicted octanol–water partition coefficient (Wildman–Crippen LogP) is 1.05. The molecule has 0 spiro atoms. The summed E-state index contributed by atoms with van der Waals surface area (Å²) >= 11 is 0. The molecular formula is C9H7N3O3. The van der Waals surface area contributed by atoms with Gasteiger partial charge in [0.25, 0.3) is 0 Å². The summed E-state index contributed by atoms with van der Waals surface area (Å²) in [5, 5.41) is 3.70. The number of hydrogen-bond donors (Lipinski definition) is 1. The second kappa shape index (κ2) is 2.88. The summed E-state index contributed by atoms with van der Waals surface area (Å²) in [7, 11) is 0. The Morgan fingerprint density at radius 2 is 2.07 bits per heavy atom. The largest absolute Gasteiger partial charge is 0.454 e. The standard InChI is InChI=1S/C9H7N3O3/c10-9-11-8(12-15-9)5-1-2-6-7(3-5)14-4-13-6/h1-3H,4H2,(H2,10,11,12). The molecule has 2 N–H and O–H groups in total. The predicted molar refractivity (Wildman–Crippen MR) is 50.3 cm³/mol. The number of nitrogens with zero attached hydrogens (tertiary/aromatic N) is 2. The number of rotatable bonds is 1. The van der Waals surface area contributed by atoms with E-state index in [2.05, 4.69) is 14.7 Å². The highest BCUT2D eigenvalue weighted by Crippen LogP contribution is 2.35. The van der Waals surface area contributed by atoms with E-state index in [0.717, 1.165) is 11.3 Å². The van der Waals surface area contributed by atoms with E-state index in [1.54, 1.807) is 12.1 Å². The first-order valence-corrected chi connectivity index (χ1v) is 4.32. The number of nitrogen functional groups attached to an aromatic ring is 1. The minimum Gasteiger partial charge on any atom is -0.454 e. The Labute approximate surface area is 84.6 Å². The fourth-order valence-corrected chi connectivity index (χ4v) is 1.39. The lowest BCUT2D eigenvalue weighted by atomic mass is 10.2. The maximum Gasteiger partial charge on any atom is 0.319 e. The Balaban J connectivity index is 2.06. The topological polar surface area (TPSA) is 83.4 Å². The molecule has 0 fully saturated rings. The fourth-order valence-electron chi connectivity index (χ4n) is 1.39. The van der Waals surface area contributed by atoms with Gasteiger partial charge in [-0.3, -0.25) is 0 Å². The summed E-state index contributed by atoms with van der Waals surface area (Å²) in [5.74, 6) is 1.83. The molecule has 0 bridgehead atoms. The number of fused-ring (bicyclic) bond motifs is 1. The van der Waals surface area contributed by atoms with E-state index in [-0.39, 0.29) is 12.8 Å². The van der Waals surface area contributed by atoms with Crippen LogP contribution in [0.5, 0.6) is 11.5 Å². The molecule has 1 aliphatic rings. The summed E-state index contributed by atoms with van der Waals surface area (Å²) in [5.41, 5.74) is 6.11. The molecule has 3 rings (SSSR count). The third-order valence-electron chi connectivity index (χ3n) is 2.07. The zero-order valence-corrected chi connectivity index (χ0v) is 7.64. The van der Waals surface area contributed by atoms with Crippen molar-refractivity contribution < 1.29 is 14.0 Å². The van der Waals surface area contributed by atoms with Crippen LogP contribution in [-0.2, 0) is 0 Å². The molecule has 0 amide bonds. The van der Waals surface area contributed by atoms with Gasteiger partial charge in [0.05, 0.1) is 0 Å². The van der Waals surface area contributed by atoms with E-state index in [9.17, 15) is 0 Å². The zero-order valence-electron chi connectivity index (χ0n) is 7.64. The Hall–Kier alpha value is -2.24. The Bertz CT molecular complexity index is 509. The molecule has 0 aliphatic carbocycles. The quantitative estimate of drug-likeness (QED) is 0.749. The molecular weight excluding hydrogens is 198 g/mol. The number of ether oxygens (including phenoxy) is 2. The van der Waals surface area contributed by atoms with Crippen molar-refractivity contribution in [1.29, 1.82) is 0 Å². The molecule has 0 saturated heterocycles. The molecule has 0 radical (unpaired) electrons. The third-order valence-corrected chi connectivity index (χ3v) is 2.07. The maximum absolute atomic E-state index is 5.33. The highest BCUT2D eigenvalue weighted by Gasteiger charge is 2.15. The summed E-state index contributed by atoms with van der Waals surface area (Å²) in [4.78, 5) is 3.91. The number of aromatic nitrogens is 2. The van der Waals surface area contributed by atoms with E-state index in [1.807, 2.05) is 6.07 Å². The summed E-state index contributed by atoms with van der Waals surface area (Å²) in [6, 6.07) is 5.44. The van der Waals surface area contributed by atoms with E-state index < -0.39 is 0 Å². The first-order valence-electron chi connectivity index (χ1n) is 4.32. The van der Waals surface area contributed by atoms with Gasteiger partial charge in [-0.25, -0.2) is 0 Å². The zero-order chi connectivity index (χ0) is 10.3. The van der Waals surface area contributed by atoms with Crippen molar-refractivity contribution in [2.45, 2.75) is 0 Å². The van der Waals surface area contributed by atoms with Gasteiger partial charge < -0.3 is 19.7 Å². The number of hydrogen-bond acceptors (Lipinski definition) is 6. The first kappa shape index (κ1) is 8.10. The molecule has 0 unspecified atom stereocenters. The monoisotopic (exact) mass is 205 g/mol. The fraction of sp³-hybridized carbons (Fsp3) is 0.111. The van der Waals surface area contributed by atoms with Crippen molar-refractivity contribution in [1.82, 2.24) is 10.1 Å². The number of nitrogens with two attached hydrogens (primary N) is 1. The van der Waals surface area contributed by atoms with E-state index in [1.165, 1.54) is 0 Å². The van der Waals surface area contributed by atoms with Gasteiger partial charge >= 0.3 is 6.01 Å². The van der Waals surface area contributed by atoms with E-state index in [0.29, 0.717) is 11.6 Å². The van der Waals surface area contributed by atoms with Crippen molar-refractivity contribution in [3.63, 3.8) is 0 Å². The number of benzene rings is 1. The average Bonchev–Trinajstić information content (AvgIpc) is 2.84. The van der Waals surface area contributed by atoms with Crippen LogP contribution in [0.4, 0.5) is 6.01 Å². The van der Waals surface area contributed by atoms with Crippen LogP contribution in [-0.4, -0.2) is 16.9 Å². The lowest BCUT2D eigenvalue weighted by Gasteiger charge is -1.97. The second-order valence-corrected chi connectivity index (χ2v) is 3.02. The van der Waals surface area contributed by atoms with Crippen LogP contribution < -0.4 is 15.2 Å². The molecule has 15 heavy (non-hydrogen) atoms. The van der Waals surface area contributed by atoms with Crippen molar-refractivity contribution in [3.8, 4) is 22.9 Å². The van der Waals surface area contributed by atoms with E-state index in [4.69, 9.17) is 15.2 Å². The molecule has 6 heteroatoms. The number of anilines is 1. The maximum atomic E-state index is 5.33. The first-order chi connectivity index (χ1) is 7.33. The van der Waals surface area contributed by atoms with Crippen molar-refractivity contribution >= 4 is 6.01 Å². The Morgan fingerprint density at radius 3 is 2.87 bits per heavy atom. The van der Waals surface area contributed by atoms with Gasteiger partial charge in [-0.15, -0.1) is 0 Å². The molecule has 2 aromatic rings. The van der Waals surface area contributed by atoms with Crippen molar-refractivity contribution in [3.05, 3.63) is 18.2 Å². The lowest BCUT2D eigenvalue weighted by Crippen LogP contribution is -1.92. The third kappa shape index (κ3) is 1.26. The van der Waals surface area contributed by atoms with Gasteiger partial charge in [0.15, 0.2) is 11.5 Å². The average molecular weight is 205 g/mol. The van der Waals surface area contributed by atoms with Crippen LogP contribution in [0.15, 0.2) is 22.7 Å². The molecule has 1 aromatic carbocycles. The van der Waals surface area contributed by atoms with Crippen LogP contribution in [0.3, 0.4) is 0 Å². The van der Waals surface area contributed by atoms with Crippen molar-refractivity contribution in [2.24, 2.45) is 0 Å². The van der Waals surface area contributed by atoms with Gasteiger partial charge in [-0.05, 0) is 18.2 Å². The smallest absolute Gasteiger partial charge is 0.319 e. The van der Waals surface area contributed by atoms with Gasteiger partial charge in [0, 0.05) is 5.56 Å². The van der Waals surface area contributed by atoms with Crippen LogP contribution in [0.2, 0.25) is 0 Å². The van der Waals surface area contributed by atoms with Crippen LogP contribution in [0, 0.1) is 0 Å². The minimum atomic E-state index is 0.0441. The highest BCUT2D eigenvalue weighted by atomic mass is 16.7. The Kier molecular flexibility index (Phi) is 1.55. The minimum absolute atomic E-state index is 0.0441. The van der Waals surface area contributed by atoms with Gasteiger partial charge in [-0.2, -0.15) is 4.98 Å². The molecule has 1 aromatic heterocycles. The molecule has 1 aliphatic heterocycles. The van der Waals surface area contributed by atoms with Gasteiger partial charge in [0.1, 0.15) is 0 Å². The van der Waals surface area contributed by atoms with Crippen LogP contribution in [0.1, 0.15) is 0 Å².